The molecule has 0 saturated heterocycles. The van der Waals surface area contributed by atoms with E-state index in [1.165, 1.54) is 17.8 Å². The second-order valence-corrected chi connectivity index (χ2v) is 6.40. The first-order valence-electron chi connectivity index (χ1n) is 6.68. The quantitative estimate of drug-likeness (QED) is 0.878. The van der Waals surface area contributed by atoms with Crippen LogP contribution in [0, 0.1) is 6.92 Å². The van der Waals surface area contributed by atoms with Gasteiger partial charge in [-0.15, -0.1) is 0 Å². The molecule has 0 radical (unpaired) electrons. The summed E-state index contributed by atoms with van der Waals surface area (Å²) in [5, 5.41) is 0. The van der Waals surface area contributed by atoms with Crippen LogP contribution in [0.4, 0.5) is 5.69 Å². The highest BCUT2D eigenvalue weighted by molar-refractivity contribution is 7.85. The van der Waals surface area contributed by atoms with Gasteiger partial charge in [-0.05, 0) is 36.8 Å². The van der Waals surface area contributed by atoms with Crippen molar-refractivity contribution in [1.29, 1.82) is 0 Å². The average Bonchev–Trinajstić information content (AvgIpc) is 2.47. The van der Waals surface area contributed by atoms with Crippen LogP contribution in [0.3, 0.4) is 0 Å². The Balaban J connectivity index is 0.000000220. The van der Waals surface area contributed by atoms with E-state index in [1.807, 2.05) is 27.1 Å². The van der Waals surface area contributed by atoms with Gasteiger partial charge in [-0.1, -0.05) is 42.5 Å². The van der Waals surface area contributed by atoms with Gasteiger partial charge >= 0.3 is 0 Å². The van der Waals surface area contributed by atoms with Gasteiger partial charge in [-0.25, -0.2) is 0 Å². The minimum absolute atomic E-state index is 0.0666. The van der Waals surface area contributed by atoms with Crippen LogP contribution in [0.5, 0.6) is 0 Å². The molecule has 5 heteroatoms. The van der Waals surface area contributed by atoms with Gasteiger partial charge in [-0.2, -0.15) is 8.42 Å². The highest BCUT2D eigenvalue weighted by atomic mass is 32.2. The van der Waals surface area contributed by atoms with Crippen molar-refractivity contribution in [2.24, 2.45) is 0 Å². The van der Waals surface area contributed by atoms with E-state index in [0.29, 0.717) is 0 Å². The molecule has 0 atom stereocenters. The molecule has 2 aromatic carbocycles. The van der Waals surface area contributed by atoms with Crippen LogP contribution in [0.15, 0.2) is 60.0 Å². The van der Waals surface area contributed by atoms with Crippen LogP contribution < -0.4 is 4.90 Å². The second kappa shape index (κ2) is 7.77. The van der Waals surface area contributed by atoms with Crippen molar-refractivity contribution in [2.75, 3.05) is 19.0 Å². The summed E-state index contributed by atoms with van der Waals surface area (Å²) in [6, 6.07) is 14.3. The van der Waals surface area contributed by atoms with Gasteiger partial charge in [0.1, 0.15) is 0 Å². The van der Waals surface area contributed by atoms with Gasteiger partial charge in [-0.3, -0.25) is 4.55 Å². The lowest BCUT2D eigenvalue weighted by molar-refractivity contribution is 0.483. The zero-order valence-electron chi connectivity index (χ0n) is 13.0. The van der Waals surface area contributed by atoms with Gasteiger partial charge in [0.25, 0.3) is 10.1 Å². The van der Waals surface area contributed by atoms with Crippen molar-refractivity contribution in [3.05, 3.63) is 66.2 Å². The molecule has 1 N–H and O–H groups in total. The Morgan fingerprint density at radius 3 is 1.86 bits per heavy atom. The summed E-state index contributed by atoms with van der Waals surface area (Å²) in [5.41, 5.74) is 3.34. The van der Waals surface area contributed by atoms with E-state index in [9.17, 15) is 8.42 Å². The fourth-order valence-electron chi connectivity index (χ4n) is 1.62. The third-order valence-electron chi connectivity index (χ3n) is 2.96. The zero-order chi connectivity index (χ0) is 16.8. The largest absolute Gasteiger partial charge is 0.378 e. The van der Waals surface area contributed by atoms with E-state index in [0.717, 1.165) is 11.1 Å². The van der Waals surface area contributed by atoms with Crippen LogP contribution >= 0.6 is 0 Å². The maximum absolute atomic E-state index is 10.5. The van der Waals surface area contributed by atoms with Crippen LogP contribution in [0.2, 0.25) is 0 Å². The van der Waals surface area contributed by atoms with Crippen LogP contribution in [0.25, 0.3) is 6.08 Å². The molecule has 2 aromatic rings. The zero-order valence-corrected chi connectivity index (χ0v) is 13.8. The number of rotatable bonds is 3. The van der Waals surface area contributed by atoms with Gasteiger partial charge in [0.2, 0.25) is 0 Å². The molecule has 0 aliphatic carbocycles. The van der Waals surface area contributed by atoms with Crippen LogP contribution in [0.1, 0.15) is 11.1 Å². The topological polar surface area (TPSA) is 57.6 Å². The number of benzene rings is 2. The van der Waals surface area contributed by atoms with Crippen LogP contribution in [-0.4, -0.2) is 27.1 Å². The molecule has 0 amide bonds. The highest BCUT2D eigenvalue weighted by Crippen LogP contribution is 2.12. The van der Waals surface area contributed by atoms with E-state index in [2.05, 4.69) is 35.7 Å². The van der Waals surface area contributed by atoms with Crippen molar-refractivity contribution in [3.8, 4) is 0 Å². The van der Waals surface area contributed by atoms with E-state index in [4.69, 9.17) is 4.55 Å². The Hall–Kier alpha value is -2.11. The summed E-state index contributed by atoms with van der Waals surface area (Å²) >= 11 is 0. The lowest BCUT2D eigenvalue weighted by atomic mass is 10.2. The summed E-state index contributed by atoms with van der Waals surface area (Å²) in [5.74, 6) is 0. The summed E-state index contributed by atoms with van der Waals surface area (Å²) in [6.07, 6.45) is 1.85. The molecular weight excluding hydrogens is 298 g/mol. The van der Waals surface area contributed by atoms with E-state index in [1.54, 1.807) is 12.1 Å². The van der Waals surface area contributed by atoms with Gasteiger partial charge in [0.05, 0.1) is 4.90 Å². The number of anilines is 1. The molecule has 0 heterocycles. The van der Waals surface area contributed by atoms with E-state index < -0.39 is 10.1 Å². The molecule has 0 aliphatic rings. The molecule has 0 fully saturated rings. The smallest absolute Gasteiger partial charge is 0.294 e. The molecule has 0 bridgehead atoms. The molecule has 118 valence electrons. The predicted octanol–water partition coefficient (Wildman–Crippen LogP) is 3.64. The third kappa shape index (κ3) is 5.71. The summed E-state index contributed by atoms with van der Waals surface area (Å²) in [7, 11) is 0.0418. The minimum Gasteiger partial charge on any atom is -0.378 e. The van der Waals surface area contributed by atoms with Crippen molar-refractivity contribution in [3.63, 3.8) is 0 Å². The van der Waals surface area contributed by atoms with Crippen molar-refractivity contribution in [2.45, 2.75) is 11.8 Å². The molecule has 0 saturated carbocycles. The standard InChI is InChI=1S/C10H13N.C7H8O3S/c1-4-9-5-7-10(8-6-9)11(2)3;1-6-2-4-7(5-3-6)11(8,9)10/h4-8H,1H2,2-3H3;2-5H,1H3,(H,8,9,10). The Morgan fingerprint density at radius 1 is 1.00 bits per heavy atom. The van der Waals surface area contributed by atoms with E-state index in [-0.39, 0.29) is 4.90 Å². The lowest BCUT2D eigenvalue weighted by Gasteiger charge is -2.11. The first-order valence-corrected chi connectivity index (χ1v) is 8.12. The van der Waals surface area contributed by atoms with Crippen molar-refractivity contribution >= 4 is 21.9 Å². The van der Waals surface area contributed by atoms with Gasteiger partial charge < -0.3 is 4.90 Å². The molecule has 0 aliphatic heterocycles. The van der Waals surface area contributed by atoms with Gasteiger partial charge in [0.15, 0.2) is 0 Å². The summed E-state index contributed by atoms with van der Waals surface area (Å²) in [4.78, 5) is 2.01. The molecule has 0 spiro atoms. The Labute approximate surface area is 132 Å². The molecule has 2 rings (SSSR count). The maximum Gasteiger partial charge on any atom is 0.294 e. The molecule has 0 aromatic heterocycles. The van der Waals surface area contributed by atoms with E-state index >= 15 is 0 Å². The molecule has 4 nitrogen and oxygen atoms in total. The molecule has 0 unspecified atom stereocenters. The fraction of sp³-hybridized carbons (Fsp3) is 0.176. The van der Waals surface area contributed by atoms with Gasteiger partial charge in [0, 0.05) is 19.8 Å². The molecular formula is C17H21NO3S. The Bertz CT molecular complexity index is 703. The number of nitrogens with zero attached hydrogens (tertiary/aromatic N) is 1. The number of hydrogen-bond acceptors (Lipinski definition) is 3. The summed E-state index contributed by atoms with van der Waals surface area (Å²) in [6.45, 7) is 5.53. The third-order valence-corrected chi connectivity index (χ3v) is 3.83. The lowest BCUT2D eigenvalue weighted by Crippen LogP contribution is -2.07. The average molecular weight is 319 g/mol. The monoisotopic (exact) mass is 319 g/mol. The second-order valence-electron chi connectivity index (χ2n) is 4.98. The van der Waals surface area contributed by atoms with Crippen molar-refractivity contribution < 1.29 is 13.0 Å². The number of aryl methyl sites for hydroxylation is 1. The fourth-order valence-corrected chi connectivity index (χ4v) is 2.10. The SMILES string of the molecule is C=Cc1ccc(N(C)C)cc1.Cc1ccc(S(=O)(=O)O)cc1. The predicted molar refractivity (Wildman–Crippen MR) is 91.9 cm³/mol. The normalized spacial score (nSPS) is 10.4. The first-order chi connectivity index (χ1) is 10.2. The number of hydrogen-bond donors (Lipinski definition) is 1. The Kier molecular flexibility index (Phi) is 6.34. The highest BCUT2D eigenvalue weighted by Gasteiger charge is 2.06. The van der Waals surface area contributed by atoms with Crippen LogP contribution in [-0.2, 0) is 10.1 Å². The summed E-state index contributed by atoms with van der Waals surface area (Å²) < 4.78 is 29.6. The van der Waals surface area contributed by atoms with Crippen molar-refractivity contribution in [1.82, 2.24) is 0 Å². The molecule has 22 heavy (non-hydrogen) atoms. The minimum atomic E-state index is -4.02. The first kappa shape index (κ1) is 17.9. The Morgan fingerprint density at radius 2 is 1.50 bits per heavy atom. The maximum atomic E-state index is 10.5.